The van der Waals surface area contributed by atoms with Gasteiger partial charge in [-0.1, -0.05) is 51.2 Å². The molecule has 0 N–H and O–H groups in total. The molecule has 1 fully saturated rings. The summed E-state index contributed by atoms with van der Waals surface area (Å²) in [4.78, 5) is 23.6. The zero-order chi connectivity index (χ0) is 23.8. The molecule has 1 rings (SSSR count). The lowest BCUT2D eigenvalue weighted by Crippen LogP contribution is -2.62. The fraction of sp³-hybridized carbons (Fsp3) is 0.750. The van der Waals surface area contributed by atoms with Crippen LogP contribution >= 0.6 is 0 Å². The van der Waals surface area contributed by atoms with Crippen LogP contribution < -0.4 is 0 Å². The smallest absolute Gasteiger partial charge is 0.303 e. The molecule has 0 aliphatic carbocycles. The predicted octanol–water partition coefficient (Wildman–Crippen LogP) is 3.73. The number of carbonyl (C=O) groups is 2. The average molecular weight is 457 g/mol. The molecule has 0 saturated carbocycles. The second kappa shape index (κ2) is 16.8. The molecule has 5 atom stereocenters. The second-order valence-corrected chi connectivity index (χ2v) is 7.74. The van der Waals surface area contributed by atoms with E-state index in [1.165, 1.54) is 33.1 Å². The van der Waals surface area contributed by atoms with Crippen LogP contribution in [0.15, 0.2) is 25.3 Å². The minimum absolute atomic E-state index is 0.127. The molecule has 0 spiro atoms. The van der Waals surface area contributed by atoms with Crippen molar-refractivity contribution in [1.29, 1.82) is 0 Å². The Labute approximate surface area is 192 Å². The van der Waals surface area contributed by atoms with Crippen molar-refractivity contribution < 1.29 is 38.0 Å². The van der Waals surface area contributed by atoms with Crippen molar-refractivity contribution >= 4 is 11.9 Å². The molecule has 1 aliphatic heterocycles. The third-order valence-corrected chi connectivity index (χ3v) is 4.90. The zero-order valence-corrected chi connectivity index (χ0v) is 19.8. The third-order valence-electron chi connectivity index (χ3n) is 4.90. The third kappa shape index (κ3) is 10.7. The zero-order valence-electron chi connectivity index (χ0n) is 19.8. The highest BCUT2D eigenvalue weighted by atomic mass is 16.7. The summed E-state index contributed by atoms with van der Waals surface area (Å²) in [5.41, 5.74) is 0. The van der Waals surface area contributed by atoms with E-state index in [2.05, 4.69) is 20.1 Å². The minimum atomic E-state index is -0.910. The fourth-order valence-corrected chi connectivity index (χ4v) is 3.52. The van der Waals surface area contributed by atoms with Crippen LogP contribution in [0.2, 0.25) is 0 Å². The molecule has 0 aromatic rings. The topological polar surface area (TPSA) is 89.5 Å². The summed E-state index contributed by atoms with van der Waals surface area (Å²) in [5.74, 6) is -1.02. The number of hydrogen-bond donors (Lipinski definition) is 0. The van der Waals surface area contributed by atoms with Gasteiger partial charge in [-0.25, -0.2) is 0 Å². The molecule has 0 radical (unpaired) electrons. The number of hydrogen-bond acceptors (Lipinski definition) is 8. The van der Waals surface area contributed by atoms with Gasteiger partial charge in [0.15, 0.2) is 18.5 Å². The van der Waals surface area contributed by atoms with Gasteiger partial charge in [0.1, 0.15) is 12.2 Å². The maximum atomic E-state index is 11.8. The molecule has 0 bridgehead atoms. The molecule has 1 aliphatic rings. The standard InChI is InChI=1S/C24H40O8/c1-6-9-10-11-12-13-16-29-24-23(31-19(5)26)22(28-15-8-3)21(30-18(4)25)20(32-24)17-27-14-7-2/h7-8,20-24H,2-3,6,9-17H2,1,4-5H3/t20-,21+,22+,23-,24+/m1/s1. The number of esters is 2. The normalized spacial score (nSPS) is 25.2. The van der Waals surface area contributed by atoms with E-state index in [0.29, 0.717) is 13.2 Å². The van der Waals surface area contributed by atoms with Gasteiger partial charge in [-0.05, 0) is 6.42 Å². The van der Waals surface area contributed by atoms with Gasteiger partial charge in [0.2, 0.25) is 0 Å². The lowest BCUT2D eigenvalue weighted by atomic mass is 9.98. The van der Waals surface area contributed by atoms with E-state index < -0.39 is 42.6 Å². The van der Waals surface area contributed by atoms with Crippen molar-refractivity contribution in [3.63, 3.8) is 0 Å². The summed E-state index contributed by atoms with van der Waals surface area (Å²) in [6, 6.07) is 0. The molecule has 0 aromatic heterocycles. The molecule has 1 heterocycles. The Bertz CT molecular complexity index is 564. The van der Waals surface area contributed by atoms with Crippen LogP contribution in [0.1, 0.15) is 59.3 Å². The molecule has 0 amide bonds. The number of carbonyl (C=O) groups excluding carboxylic acids is 2. The first-order chi connectivity index (χ1) is 15.4. The van der Waals surface area contributed by atoms with Crippen molar-refractivity contribution in [3.8, 4) is 0 Å². The lowest BCUT2D eigenvalue weighted by molar-refractivity contribution is -0.312. The van der Waals surface area contributed by atoms with Gasteiger partial charge in [-0.3, -0.25) is 9.59 Å². The van der Waals surface area contributed by atoms with E-state index in [9.17, 15) is 9.59 Å². The van der Waals surface area contributed by atoms with E-state index >= 15 is 0 Å². The van der Waals surface area contributed by atoms with Crippen LogP contribution in [0.5, 0.6) is 0 Å². The highest BCUT2D eigenvalue weighted by Gasteiger charge is 2.51. The van der Waals surface area contributed by atoms with Crippen molar-refractivity contribution in [2.24, 2.45) is 0 Å². The van der Waals surface area contributed by atoms with Crippen LogP contribution in [0.25, 0.3) is 0 Å². The summed E-state index contributed by atoms with van der Waals surface area (Å²) < 4.78 is 34.5. The van der Waals surface area contributed by atoms with Gasteiger partial charge in [0, 0.05) is 20.5 Å². The first-order valence-corrected chi connectivity index (χ1v) is 11.5. The van der Waals surface area contributed by atoms with E-state index in [4.69, 9.17) is 28.4 Å². The van der Waals surface area contributed by atoms with E-state index in [1.807, 2.05) is 0 Å². The Morgan fingerprint density at radius 2 is 1.47 bits per heavy atom. The maximum Gasteiger partial charge on any atom is 0.303 e. The number of rotatable bonds is 17. The van der Waals surface area contributed by atoms with E-state index in [1.54, 1.807) is 12.2 Å². The quantitative estimate of drug-likeness (QED) is 0.186. The fourth-order valence-electron chi connectivity index (χ4n) is 3.52. The van der Waals surface area contributed by atoms with Crippen LogP contribution in [-0.2, 0) is 38.0 Å². The van der Waals surface area contributed by atoms with Gasteiger partial charge in [0.25, 0.3) is 0 Å². The van der Waals surface area contributed by atoms with Crippen molar-refractivity contribution in [2.75, 3.05) is 26.4 Å². The number of ether oxygens (including phenoxy) is 6. The predicted molar refractivity (Wildman–Crippen MR) is 120 cm³/mol. The van der Waals surface area contributed by atoms with Gasteiger partial charge in [-0.15, -0.1) is 13.2 Å². The SMILES string of the molecule is C=CCOC[C@H]1O[C@H](OCCCCCCCC)[C@H](OC(C)=O)[C@@H](OCC=C)[C@H]1OC(C)=O. The highest BCUT2D eigenvalue weighted by Crippen LogP contribution is 2.30. The van der Waals surface area contributed by atoms with Gasteiger partial charge < -0.3 is 28.4 Å². The largest absolute Gasteiger partial charge is 0.457 e. The summed E-state index contributed by atoms with van der Waals surface area (Å²) in [7, 11) is 0. The molecule has 1 saturated heterocycles. The summed E-state index contributed by atoms with van der Waals surface area (Å²) in [6.45, 7) is 13.1. The van der Waals surface area contributed by atoms with E-state index in [0.717, 1.165) is 19.3 Å². The maximum absolute atomic E-state index is 11.8. The molecule has 8 nitrogen and oxygen atoms in total. The van der Waals surface area contributed by atoms with Crippen molar-refractivity contribution in [1.82, 2.24) is 0 Å². The Morgan fingerprint density at radius 3 is 2.09 bits per heavy atom. The lowest BCUT2D eigenvalue weighted by Gasteiger charge is -2.44. The first kappa shape index (κ1) is 28.3. The van der Waals surface area contributed by atoms with Crippen molar-refractivity contribution in [2.45, 2.75) is 90.0 Å². The summed E-state index contributed by atoms with van der Waals surface area (Å²) >= 11 is 0. The van der Waals surface area contributed by atoms with Crippen LogP contribution in [0.3, 0.4) is 0 Å². The van der Waals surface area contributed by atoms with Gasteiger partial charge in [0.05, 0.1) is 19.8 Å². The summed E-state index contributed by atoms with van der Waals surface area (Å²) in [5, 5.41) is 0. The Morgan fingerprint density at radius 1 is 0.844 bits per heavy atom. The molecule has 0 aromatic carbocycles. The Kier molecular flexibility index (Phi) is 14.9. The first-order valence-electron chi connectivity index (χ1n) is 11.5. The molecule has 0 unspecified atom stereocenters. The van der Waals surface area contributed by atoms with Crippen LogP contribution in [0.4, 0.5) is 0 Å². The van der Waals surface area contributed by atoms with E-state index in [-0.39, 0.29) is 13.2 Å². The monoisotopic (exact) mass is 456 g/mol. The molecule has 32 heavy (non-hydrogen) atoms. The van der Waals surface area contributed by atoms with Crippen LogP contribution in [-0.4, -0.2) is 69.1 Å². The highest BCUT2D eigenvalue weighted by molar-refractivity contribution is 5.67. The Hall–Kier alpha value is -1.74. The summed E-state index contributed by atoms with van der Waals surface area (Å²) in [6.07, 6.45) is 5.75. The van der Waals surface area contributed by atoms with Crippen molar-refractivity contribution in [3.05, 3.63) is 25.3 Å². The van der Waals surface area contributed by atoms with Gasteiger partial charge in [-0.2, -0.15) is 0 Å². The average Bonchev–Trinajstić information content (AvgIpc) is 2.74. The van der Waals surface area contributed by atoms with Crippen LogP contribution in [0, 0.1) is 0 Å². The molecular formula is C24H40O8. The number of unbranched alkanes of at least 4 members (excludes halogenated alkanes) is 5. The van der Waals surface area contributed by atoms with Gasteiger partial charge >= 0.3 is 11.9 Å². The second-order valence-electron chi connectivity index (χ2n) is 7.74. The Balaban J connectivity index is 2.96. The molecule has 184 valence electrons. The molecular weight excluding hydrogens is 416 g/mol. The molecule has 8 heteroatoms. The minimum Gasteiger partial charge on any atom is -0.457 e.